The van der Waals surface area contributed by atoms with E-state index in [0.717, 1.165) is 11.5 Å². The minimum absolute atomic E-state index is 0.00528. The highest BCUT2D eigenvalue weighted by Gasteiger charge is 2.54. The molecule has 1 amide bonds. The molecule has 0 unspecified atom stereocenters. The van der Waals surface area contributed by atoms with Crippen LogP contribution in [0.15, 0.2) is 47.4 Å². The lowest BCUT2D eigenvalue weighted by atomic mass is 9.97. The Balaban J connectivity index is 1.59. The molecule has 2 aliphatic rings. The quantitative estimate of drug-likeness (QED) is 0.685. The molecule has 0 radical (unpaired) electrons. The third-order valence-corrected chi connectivity index (χ3v) is 5.29. The molecule has 33 heavy (non-hydrogen) atoms. The van der Waals surface area contributed by atoms with Crippen molar-refractivity contribution in [3.8, 4) is 0 Å². The largest absolute Gasteiger partial charge is 0.454 e. The third kappa shape index (κ3) is 4.95. The number of fused-ring (bicyclic) bond motifs is 1. The standard InChI is InChI=1S/C22H24FN3O7/c1-12(27)31-18-16(23)17-14(11-30-22(2,3)33-17)32-20(18)26-10-9-15(25-21(26)29)24-19(28)13-7-5-4-6-8-13/h4-10,14,16-18,20H,11H2,1-3H3,(H,24,25,28,29)/t14-,16+,17-,18-,20-/m1/s1. The van der Waals surface area contributed by atoms with Gasteiger partial charge in [-0.1, -0.05) is 18.2 Å². The van der Waals surface area contributed by atoms with Gasteiger partial charge in [-0.05, 0) is 32.0 Å². The van der Waals surface area contributed by atoms with Gasteiger partial charge in [0, 0.05) is 18.7 Å². The number of anilines is 1. The fraction of sp³-hybridized carbons (Fsp3) is 0.455. The molecule has 2 fully saturated rings. The van der Waals surface area contributed by atoms with Crippen molar-refractivity contribution in [2.24, 2.45) is 0 Å². The molecule has 176 valence electrons. The number of amides is 1. The van der Waals surface area contributed by atoms with Crippen LogP contribution in [0.25, 0.3) is 0 Å². The summed E-state index contributed by atoms with van der Waals surface area (Å²) in [5, 5.41) is 2.53. The second kappa shape index (κ2) is 9.00. The van der Waals surface area contributed by atoms with Crippen molar-refractivity contribution in [1.29, 1.82) is 0 Å². The maximum atomic E-state index is 15.5. The molecule has 1 aromatic heterocycles. The monoisotopic (exact) mass is 461 g/mol. The van der Waals surface area contributed by atoms with Gasteiger partial charge in [-0.2, -0.15) is 4.98 Å². The Kier molecular flexibility index (Phi) is 6.28. The number of benzene rings is 1. The highest BCUT2D eigenvalue weighted by atomic mass is 19.1. The Hall–Kier alpha value is -3.15. The summed E-state index contributed by atoms with van der Waals surface area (Å²) in [6.45, 7) is 4.43. The molecule has 0 saturated carbocycles. The number of nitrogens with zero attached hydrogens (tertiary/aromatic N) is 2. The van der Waals surface area contributed by atoms with Crippen LogP contribution in [0, 0.1) is 0 Å². The Morgan fingerprint density at radius 3 is 2.64 bits per heavy atom. The lowest BCUT2D eigenvalue weighted by molar-refractivity contribution is -0.359. The van der Waals surface area contributed by atoms with E-state index in [1.54, 1.807) is 44.2 Å². The maximum Gasteiger partial charge on any atom is 0.351 e. The lowest BCUT2D eigenvalue weighted by Crippen LogP contribution is -2.63. The number of carbonyl (C=O) groups is 2. The summed E-state index contributed by atoms with van der Waals surface area (Å²) in [5.74, 6) is -2.23. The van der Waals surface area contributed by atoms with Crippen molar-refractivity contribution >= 4 is 17.7 Å². The van der Waals surface area contributed by atoms with Crippen LogP contribution >= 0.6 is 0 Å². The molecule has 2 saturated heterocycles. The zero-order valence-electron chi connectivity index (χ0n) is 18.3. The summed E-state index contributed by atoms with van der Waals surface area (Å²) in [6, 6.07) is 9.78. The Morgan fingerprint density at radius 1 is 1.24 bits per heavy atom. The third-order valence-electron chi connectivity index (χ3n) is 5.29. The van der Waals surface area contributed by atoms with Gasteiger partial charge in [0.15, 0.2) is 24.3 Å². The Bertz CT molecular complexity index is 1090. The van der Waals surface area contributed by atoms with Crippen molar-refractivity contribution in [2.45, 2.75) is 57.3 Å². The molecule has 5 atom stereocenters. The van der Waals surface area contributed by atoms with Crippen LogP contribution in [0.4, 0.5) is 10.2 Å². The van der Waals surface area contributed by atoms with Gasteiger partial charge in [0.1, 0.15) is 18.0 Å². The molecular weight excluding hydrogens is 437 g/mol. The fourth-order valence-electron chi connectivity index (χ4n) is 3.80. The summed E-state index contributed by atoms with van der Waals surface area (Å²) in [5.41, 5.74) is -0.438. The van der Waals surface area contributed by atoms with E-state index in [2.05, 4.69) is 10.3 Å². The van der Waals surface area contributed by atoms with Gasteiger partial charge >= 0.3 is 11.7 Å². The first-order chi connectivity index (χ1) is 15.6. The van der Waals surface area contributed by atoms with E-state index in [-0.39, 0.29) is 12.4 Å². The molecule has 10 nitrogen and oxygen atoms in total. The van der Waals surface area contributed by atoms with E-state index in [1.165, 1.54) is 12.3 Å². The zero-order chi connectivity index (χ0) is 23.8. The van der Waals surface area contributed by atoms with Gasteiger partial charge in [0.25, 0.3) is 5.91 Å². The summed E-state index contributed by atoms with van der Waals surface area (Å²) >= 11 is 0. The van der Waals surface area contributed by atoms with E-state index in [4.69, 9.17) is 18.9 Å². The number of esters is 1. The van der Waals surface area contributed by atoms with E-state index in [1.807, 2.05) is 0 Å². The summed E-state index contributed by atoms with van der Waals surface area (Å²) < 4.78 is 38.7. The van der Waals surface area contributed by atoms with Crippen molar-refractivity contribution in [1.82, 2.24) is 9.55 Å². The number of aromatic nitrogens is 2. The number of carbonyl (C=O) groups excluding carboxylic acids is 2. The summed E-state index contributed by atoms with van der Waals surface area (Å²) in [7, 11) is 0. The van der Waals surface area contributed by atoms with E-state index in [9.17, 15) is 14.4 Å². The molecule has 0 spiro atoms. The second-order valence-electron chi connectivity index (χ2n) is 8.20. The minimum Gasteiger partial charge on any atom is -0.454 e. The molecular formula is C22H24FN3O7. The van der Waals surface area contributed by atoms with E-state index in [0.29, 0.717) is 5.56 Å². The van der Waals surface area contributed by atoms with Crippen LogP contribution in [0.1, 0.15) is 37.4 Å². The van der Waals surface area contributed by atoms with Gasteiger partial charge in [0.2, 0.25) is 0 Å². The molecule has 2 aromatic rings. The van der Waals surface area contributed by atoms with Gasteiger partial charge in [-0.3, -0.25) is 14.2 Å². The van der Waals surface area contributed by atoms with Crippen LogP contribution in [0.5, 0.6) is 0 Å². The molecule has 0 bridgehead atoms. The number of hydrogen-bond acceptors (Lipinski definition) is 8. The molecule has 1 aromatic carbocycles. The number of rotatable bonds is 4. The SMILES string of the molecule is CC(=O)O[C@@H]1[C@@H](F)[C@@H]2OC(C)(C)OC[C@H]2O[C@H]1n1ccc(NC(=O)c2ccccc2)nc1=O. The minimum atomic E-state index is -1.79. The molecule has 0 aliphatic carbocycles. The topological polar surface area (TPSA) is 118 Å². The van der Waals surface area contributed by atoms with Crippen molar-refractivity contribution in [2.75, 3.05) is 11.9 Å². The molecule has 11 heteroatoms. The number of nitrogens with one attached hydrogen (secondary N) is 1. The predicted octanol–water partition coefficient (Wildman–Crippen LogP) is 1.81. The average molecular weight is 461 g/mol. The van der Waals surface area contributed by atoms with Crippen LogP contribution in [0.3, 0.4) is 0 Å². The van der Waals surface area contributed by atoms with Crippen LogP contribution < -0.4 is 11.0 Å². The van der Waals surface area contributed by atoms with Gasteiger partial charge in [-0.25, -0.2) is 9.18 Å². The van der Waals surface area contributed by atoms with E-state index >= 15 is 4.39 Å². The first kappa shape index (κ1) is 23.0. The Morgan fingerprint density at radius 2 is 1.97 bits per heavy atom. The molecule has 1 N–H and O–H groups in total. The number of halogens is 1. The zero-order valence-corrected chi connectivity index (χ0v) is 18.3. The van der Waals surface area contributed by atoms with Gasteiger partial charge in [0.05, 0.1) is 6.61 Å². The molecule has 4 rings (SSSR count). The fourth-order valence-corrected chi connectivity index (χ4v) is 3.80. The predicted molar refractivity (Wildman–Crippen MR) is 112 cm³/mol. The van der Waals surface area contributed by atoms with Gasteiger partial charge in [-0.15, -0.1) is 0 Å². The number of hydrogen-bond donors (Lipinski definition) is 1. The summed E-state index contributed by atoms with van der Waals surface area (Å²) in [4.78, 5) is 40.6. The lowest BCUT2D eigenvalue weighted by Gasteiger charge is -2.48. The van der Waals surface area contributed by atoms with E-state index < -0.39 is 54.1 Å². The first-order valence-corrected chi connectivity index (χ1v) is 10.4. The van der Waals surface area contributed by atoms with Crippen LogP contribution in [-0.4, -0.2) is 58.3 Å². The van der Waals surface area contributed by atoms with Crippen molar-refractivity contribution < 1.29 is 32.9 Å². The maximum absolute atomic E-state index is 15.5. The van der Waals surface area contributed by atoms with Crippen LogP contribution in [0.2, 0.25) is 0 Å². The highest BCUT2D eigenvalue weighted by molar-refractivity contribution is 6.03. The van der Waals surface area contributed by atoms with Crippen molar-refractivity contribution in [3.63, 3.8) is 0 Å². The van der Waals surface area contributed by atoms with Crippen molar-refractivity contribution in [3.05, 3.63) is 58.6 Å². The Labute approximate surface area is 188 Å². The average Bonchev–Trinajstić information content (AvgIpc) is 2.76. The smallest absolute Gasteiger partial charge is 0.351 e. The summed E-state index contributed by atoms with van der Waals surface area (Å²) in [6.07, 6.45) is -5.15. The second-order valence-corrected chi connectivity index (χ2v) is 8.20. The molecule has 3 heterocycles. The first-order valence-electron chi connectivity index (χ1n) is 10.4. The number of ether oxygens (including phenoxy) is 4. The highest BCUT2D eigenvalue weighted by Crippen LogP contribution is 2.38. The van der Waals surface area contributed by atoms with Gasteiger partial charge < -0.3 is 24.3 Å². The number of alkyl halides is 1. The normalized spacial score (nSPS) is 28.4. The van der Waals surface area contributed by atoms with Crippen LogP contribution in [-0.2, 0) is 23.7 Å². The molecule has 2 aliphatic heterocycles.